The molecule has 1 amide bonds. The number of esters is 1. The van der Waals surface area contributed by atoms with Crippen LogP contribution in [0.1, 0.15) is 41.6 Å². The molecule has 126 valence electrons. The highest BCUT2D eigenvalue weighted by Crippen LogP contribution is 2.32. The van der Waals surface area contributed by atoms with Gasteiger partial charge in [-0.1, -0.05) is 11.3 Å². The van der Waals surface area contributed by atoms with Crippen LogP contribution in [0.15, 0.2) is 0 Å². The summed E-state index contributed by atoms with van der Waals surface area (Å²) in [5, 5.41) is 0.853. The Kier molecular flexibility index (Phi) is 4.84. The fourth-order valence-corrected chi connectivity index (χ4v) is 3.83. The largest absolute Gasteiger partial charge is 0.462 e. The summed E-state index contributed by atoms with van der Waals surface area (Å²) in [6, 6.07) is 0. The Labute approximate surface area is 140 Å². The van der Waals surface area contributed by atoms with E-state index in [1.165, 1.54) is 11.3 Å². The monoisotopic (exact) mass is 337 g/mol. The molecule has 0 radical (unpaired) electrons. The third kappa shape index (κ3) is 3.65. The summed E-state index contributed by atoms with van der Waals surface area (Å²) in [7, 11) is 0. The van der Waals surface area contributed by atoms with E-state index in [-0.39, 0.29) is 11.9 Å². The second-order valence-corrected chi connectivity index (χ2v) is 7.05. The van der Waals surface area contributed by atoms with Gasteiger partial charge in [0.15, 0.2) is 5.13 Å². The summed E-state index contributed by atoms with van der Waals surface area (Å²) in [6.45, 7) is 7.21. The normalized spacial score (nSPS) is 18.7. The molecule has 0 aromatic carbocycles. The van der Waals surface area contributed by atoms with Gasteiger partial charge in [0.05, 0.1) is 12.3 Å². The Morgan fingerprint density at radius 3 is 2.74 bits per heavy atom. The van der Waals surface area contributed by atoms with Crippen LogP contribution in [-0.2, 0) is 9.53 Å². The smallest absolute Gasteiger partial charge is 0.350 e. The van der Waals surface area contributed by atoms with Gasteiger partial charge in [0.2, 0.25) is 5.91 Å². The van der Waals surface area contributed by atoms with Gasteiger partial charge >= 0.3 is 5.97 Å². The molecule has 0 bridgehead atoms. The number of aryl methyl sites for hydroxylation is 1. The van der Waals surface area contributed by atoms with Gasteiger partial charge in [0.25, 0.3) is 0 Å². The topological polar surface area (TPSA) is 62.7 Å². The van der Waals surface area contributed by atoms with Crippen molar-refractivity contribution in [1.82, 2.24) is 9.88 Å². The van der Waals surface area contributed by atoms with Crippen molar-refractivity contribution in [2.45, 2.75) is 33.1 Å². The number of hydrogen-bond donors (Lipinski definition) is 0. The third-order valence-corrected chi connectivity index (χ3v) is 5.45. The minimum atomic E-state index is -0.297. The lowest BCUT2D eigenvalue weighted by Crippen LogP contribution is -2.36. The van der Waals surface area contributed by atoms with Crippen LogP contribution in [0.2, 0.25) is 0 Å². The molecule has 0 unspecified atom stereocenters. The number of rotatable bonds is 4. The van der Waals surface area contributed by atoms with E-state index in [0.29, 0.717) is 17.4 Å². The summed E-state index contributed by atoms with van der Waals surface area (Å²) in [5.74, 6) is 0.294. The standard InChI is InChI=1S/C16H23N3O3S/c1-3-22-15(21)13-11(2)17-16(23-13)19-8-4-7-18(9-10-19)14(20)12-5-6-12/h12H,3-10H2,1-2H3. The van der Waals surface area contributed by atoms with E-state index in [2.05, 4.69) is 9.88 Å². The lowest BCUT2D eigenvalue weighted by molar-refractivity contribution is -0.132. The summed E-state index contributed by atoms with van der Waals surface area (Å²) in [6.07, 6.45) is 3.03. The summed E-state index contributed by atoms with van der Waals surface area (Å²) in [4.78, 5) is 33.4. The van der Waals surface area contributed by atoms with E-state index in [4.69, 9.17) is 4.74 Å². The second-order valence-electron chi connectivity index (χ2n) is 6.07. The fraction of sp³-hybridized carbons (Fsp3) is 0.688. The zero-order chi connectivity index (χ0) is 16.4. The maximum absolute atomic E-state index is 12.2. The maximum Gasteiger partial charge on any atom is 0.350 e. The van der Waals surface area contributed by atoms with E-state index < -0.39 is 0 Å². The Morgan fingerprint density at radius 2 is 2.04 bits per heavy atom. The van der Waals surface area contributed by atoms with Crippen molar-refractivity contribution in [2.24, 2.45) is 5.92 Å². The molecular weight excluding hydrogens is 314 g/mol. The lowest BCUT2D eigenvalue weighted by Gasteiger charge is -2.21. The zero-order valence-electron chi connectivity index (χ0n) is 13.7. The highest BCUT2D eigenvalue weighted by Gasteiger charge is 2.34. The molecule has 0 spiro atoms. The van der Waals surface area contributed by atoms with E-state index in [0.717, 1.165) is 56.3 Å². The molecule has 6 nitrogen and oxygen atoms in total. The first kappa shape index (κ1) is 16.2. The number of amides is 1. The quantitative estimate of drug-likeness (QED) is 0.787. The number of aromatic nitrogens is 1. The fourth-order valence-electron chi connectivity index (χ4n) is 2.82. The molecule has 1 saturated heterocycles. The van der Waals surface area contributed by atoms with E-state index in [9.17, 15) is 9.59 Å². The molecule has 2 heterocycles. The summed E-state index contributed by atoms with van der Waals surface area (Å²) < 4.78 is 5.08. The summed E-state index contributed by atoms with van der Waals surface area (Å²) in [5.41, 5.74) is 0.721. The first-order valence-electron chi connectivity index (χ1n) is 8.28. The molecule has 1 aliphatic heterocycles. The zero-order valence-corrected chi connectivity index (χ0v) is 14.5. The van der Waals surface area contributed by atoms with Crippen molar-refractivity contribution in [3.63, 3.8) is 0 Å². The second kappa shape index (κ2) is 6.86. The van der Waals surface area contributed by atoms with Gasteiger partial charge in [-0.25, -0.2) is 9.78 Å². The molecule has 1 aromatic rings. The van der Waals surface area contributed by atoms with Crippen LogP contribution in [0.4, 0.5) is 5.13 Å². The van der Waals surface area contributed by atoms with E-state index >= 15 is 0 Å². The Morgan fingerprint density at radius 1 is 1.26 bits per heavy atom. The number of carbonyl (C=O) groups is 2. The minimum Gasteiger partial charge on any atom is -0.462 e. The van der Waals surface area contributed by atoms with Gasteiger partial charge in [-0.15, -0.1) is 0 Å². The number of hydrogen-bond acceptors (Lipinski definition) is 6. The number of carbonyl (C=O) groups excluding carboxylic acids is 2. The lowest BCUT2D eigenvalue weighted by atomic mass is 10.3. The van der Waals surface area contributed by atoms with Gasteiger partial charge in [-0.2, -0.15) is 0 Å². The molecular formula is C16H23N3O3S. The third-order valence-electron chi connectivity index (χ3n) is 4.25. The Bertz CT molecular complexity index is 597. The van der Waals surface area contributed by atoms with Crippen LogP contribution in [-0.4, -0.2) is 54.5 Å². The predicted octanol–water partition coefficient (Wildman–Crippen LogP) is 2.08. The molecule has 1 saturated carbocycles. The van der Waals surface area contributed by atoms with Crippen molar-refractivity contribution >= 4 is 28.3 Å². The molecule has 1 aliphatic carbocycles. The van der Waals surface area contributed by atoms with Crippen molar-refractivity contribution in [3.05, 3.63) is 10.6 Å². The molecule has 2 fully saturated rings. The van der Waals surface area contributed by atoms with Gasteiger partial charge in [0, 0.05) is 32.1 Å². The van der Waals surface area contributed by atoms with Crippen LogP contribution >= 0.6 is 11.3 Å². The maximum atomic E-state index is 12.2. The van der Waals surface area contributed by atoms with Crippen molar-refractivity contribution in [2.75, 3.05) is 37.7 Å². The van der Waals surface area contributed by atoms with Crippen LogP contribution in [0, 0.1) is 12.8 Å². The van der Waals surface area contributed by atoms with Crippen LogP contribution in [0.5, 0.6) is 0 Å². The van der Waals surface area contributed by atoms with Gasteiger partial charge in [-0.3, -0.25) is 4.79 Å². The molecule has 3 rings (SSSR count). The number of thiazole rings is 1. The number of anilines is 1. The van der Waals surface area contributed by atoms with Crippen molar-refractivity contribution in [3.8, 4) is 0 Å². The van der Waals surface area contributed by atoms with E-state index in [1.807, 2.05) is 11.8 Å². The van der Waals surface area contributed by atoms with Gasteiger partial charge in [-0.05, 0) is 33.1 Å². The average molecular weight is 337 g/mol. The van der Waals surface area contributed by atoms with E-state index in [1.54, 1.807) is 6.92 Å². The molecule has 0 N–H and O–H groups in total. The SMILES string of the molecule is CCOC(=O)c1sc(N2CCCN(C(=O)C3CC3)CC2)nc1C. The first-order valence-corrected chi connectivity index (χ1v) is 9.10. The average Bonchev–Trinajstić information content (AvgIpc) is 3.33. The number of ether oxygens (including phenoxy) is 1. The predicted molar refractivity (Wildman–Crippen MR) is 88.9 cm³/mol. The molecule has 0 atom stereocenters. The van der Waals surface area contributed by atoms with Crippen LogP contribution in [0.25, 0.3) is 0 Å². The van der Waals surface area contributed by atoms with Crippen molar-refractivity contribution in [1.29, 1.82) is 0 Å². The Hall–Kier alpha value is -1.63. The van der Waals surface area contributed by atoms with Gasteiger partial charge < -0.3 is 14.5 Å². The Balaban J connectivity index is 1.66. The molecule has 2 aliphatic rings. The minimum absolute atomic E-state index is 0.277. The first-order chi connectivity index (χ1) is 11.1. The molecule has 7 heteroatoms. The highest BCUT2D eigenvalue weighted by atomic mass is 32.1. The molecule has 23 heavy (non-hydrogen) atoms. The summed E-state index contributed by atoms with van der Waals surface area (Å²) >= 11 is 1.39. The van der Waals surface area contributed by atoms with Crippen LogP contribution < -0.4 is 4.90 Å². The van der Waals surface area contributed by atoms with Gasteiger partial charge in [0.1, 0.15) is 4.88 Å². The molecule has 1 aromatic heterocycles. The van der Waals surface area contributed by atoms with Crippen LogP contribution in [0.3, 0.4) is 0 Å². The number of nitrogens with zero attached hydrogens (tertiary/aromatic N) is 3. The van der Waals surface area contributed by atoms with Crippen molar-refractivity contribution < 1.29 is 14.3 Å². The highest BCUT2D eigenvalue weighted by molar-refractivity contribution is 7.17.